The molecule has 1 N–H and O–H groups in total. The number of hydrogen-bond acceptors (Lipinski definition) is 3. The number of amides is 2. The van der Waals surface area contributed by atoms with Crippen molar-refractivity contribution in [2.75, 3.05) is 31.0 Å². The summed E-state index contributed by atoms with van der Waals surface area (Å²) in [4.78, 5) is 14.3. The van der Waals surface area contributed by atoms with Crippen LogP contribution in [0.25, 0.3) is 0 Å². The Bertz CT molecular complexity index is 678. The van der Waals surface area contributed by atoms with Crippen molar-refractivity contribution in [1.82, 2.24) is 0 Å². The van der Waals surface area contributed by atoms with E-state index in [1.165, 1.54) is 5.56 Å². The average Bonchev–Trinajstić information content (AvgIpc) is 2.98. The van der Waals surface area contributed by atoms with E-state index in [0.29, 0.717) is 23.7 Å². The molecular formula is C17H18N2O3. The van der Waals surface area contributed by atoms with Crippen LogP contribution in [0.3, 0.4) is 0 Å². The molecule has 0 aliphatic carbocycles. The molecule has 0 spiro atoms. The number of hydrogen-bond donors (Lipinski definition) is 1. The van der Waals surface area contributed by atoms with Crippen LogP contribution in [-0.2, 0) is 6.42 Å². The van der Waals surface area contributed by atoms with E-state index in [9.17, 15) is 4.79 Å². The molecule has 0 saturated heterocycles. The van der Waals surface area contributed by atoms with E-state index in [4.69, 9.17) is 9.47 Å². The summed E-state index contributed by atoms with van der Waals surface area (Å²) in [6.45, 7) is 0.687. The quantitative estimate of drug-likeness (QED) is 0.946. The first-order valence-electron chi connectivity index (χ1n) is 7.11. The number of para-hydroxylation sites is 1. The zero-order chi connectivity index (χ0) is 15.5. The Morgan fingerprint density at radius 1 is 1.09 bits per heavy atom. The number of anilines is 2. The van der Waals surface area contributed by atoms with E-state index in [1.807, 2.05) is 18.2 Å². The highest BCUT2D eigenvalue weighted by molar-refractivity contribution is 6.03. The van der Waals surface area contributed by atoms with Crippen LogP contribution in [0.2, 0.25) is 0 Å². The lowest BCUT2D eigenvalue weighted by molar-refractivity contribution is 0.257. The van der Waals surface area contributed by atoms with Crippen LogP contribution in [0.15, 0.2) is 42.5 Å². The molecule has 2 aromatic rings. The summed E-state index contributed by atoms with van der Waals surface area (Å²) < 4.78 is 10.4. The molecule has 114 valence electrons. The zero-order valence-corrected chi connectivity index (χ0v) is 12.6. The van der Waals surface area contributed by atoms with Gasteiger partial charge in [0.25, 0.3) is 0 Å². The maximum Gasteiger partial charge on any atom is 0.326 e. The van der Waals surface area contributed by atoms with Gasteiger partial charge in [-0.15, -0.1) is 0 Å². The number of methoxy groups -OCH3 is 2. The molecular weight excluding hydrogens is 280 g/mol. The molecule has 2 aromatic carbocycles. The fourth-order valence-corrected chi connectivity index (χ4v) is 2.62. The molecule has 0 saturated carbocycles. The van der Waals surface area contributed by atoms with Crippen LogP contribution in [0.1, 0.15) is 5.56 Å². The standard InChI is InChI=1S/C17H18N2O3/c1-21-14-9-13(10-15(11-14)22-2)18-17(20)19-8-7-12-5-3-4-6-16(12)19/h3-6,9-11H,7-8H2,1-2H3,(H,18,20). The molecule has 0 unspecified atom stereocenters. The fraction of sp³-hybridized carbons (Fsp3) is 0.235. The first kappa shape index (κ1) is 14.3. The summed E-state index contributed by atoms with van der Waals surface area (Å²) in [6, 6.07) is 13.1. The number of urea groups is 1. The number of nitrogens with zero attached hydrogens (tertiary/aromatic N) is 1. The lowest BCUT2D eigenvalue weighted by atomic mass is 10.2. The molecule has 1 aliphatic rings. The van der Waals surface area contributed by atoms with E-state index < -0.39 is 0 Å². The van der Waals surface area contributed by atoms with Crippen molar-refractivity contribution in [1.29, 1.82) is 0 Å². The van der Waals surface area contributed by atoms with Crippen LogP contribution in [0.5, 0.6) is 11.5 Å². The molecule has 0 fully saturated rings. The normalized spacial score (nSPS) is 12.7. The SMILES string of the molecule is COc1cc(NC(=O)N2CCc3ccccc32)cc(OC)c1. The van der Waals surface area contributed by atoms with Crippen molar-refractivity contribution in [2.24, 2.45) is 0 Å². The Hall–Kier alpha value is -2.69. The Morgan fingerprint density at radius 3 is 2.45 bits per heavy atom. The van der Waals surface area contributed by atoms with Gasteiger partial charge in [0.05, 0.1) is 14.2 Å². The van der Waals surface area contributed by atoms with E-state index in [-0.39, 0.29) is 6.03 Å². The number of nitrogens with one attached hydrogen (secondary N) is 1. The third kappa shape index (κ3) is 2.70. The highest BCUT2D eigenvalue weighted by Gasteiger charge is 2.24. The lowest BCUT2D eigenvalue weighted by Crippen LogP contribution is -2.33. The van der Waals surface area contributed by atoms with Gasteiger partial charge in [-0.3, -0.25) is 4.90 Å². The minimum absolute atomic E-state index is 0.153. The zero-order valence-electron chi connectivity index (χ0n) is 12.6. The van der Waals surface area contributed by atoms with Gasteiger partial charge in [0.1, 0.15) is 11.5 Å². The molecule has 1 aliphatic heterocycles. The summed E-state index contributed by atoms with van der Waals surface area (Å²) in [5.74, 6) is 1.27. The first-order chi connectivity index (χ1) is 10.7. The van der Waals surface area contributed by atoms with Crippen LogP contribution in [0, 0.1) is 0 Å². The van der Waals surface area contributed by atoms with Crippen molar-refractivity contribution in [3.8, 4) is 11.5 Å². The maximum atomic E-state index is 12.5. The monoisotopic (exact) mass is 298 g/mol. The van der Waals surface area contributed by atoms with Gasteiger partial charge in [-0.05, 0) is 18.1 Å². The van der Waals surface area contributed by atoms with Crippen molar-refractivity contribution in [2.45, 2.75) is 6.42 Å². The third-order valence-corrected chi connectivity index (χ3v) is 3.74. The fourth-order valence-electron chi connectivity index (χ4n) is 2.62. The number of rotatable bonds is 3. The van der Waals surface area contributed by atoms with Gasteiger partial charge in [-0.25, -0.2) is 4.79 Å². The molecule has 2 amide bonds. The Morgan fingerprint density at radius 2 is 1.77 bits per heavy atom. The minimum Gasteiger partial charge on any atom is -0.497 e. The Balaban J connectivity index is 1.81. The molecule has 3 rings (SSSR count). The number of ether oxygens (including phenoxy) is 2. The second kappa shape index (κ2) is 5.97. The highest BCUT2D eigenvalue weighted by Crippen LogP contribution is 2.29. The van der Waals surface area contributed by atoms with Crippen molar-refractivity contribution >= 4 is 17.4 Å². The summed E-state index contributed by atoms with van der Waals surface area (Å²) in [5.41, 5.74) is 2.81. The first-order valence-corrected chi connectivity index (χ1v) is 7.11. The Labute approximate surface area is 129 Å². The number of fused-ring (bicyclic) bond motifs is 1. The maximum absolute atomic E-state index is 12.5. The van der Waals surface area contributed by atoms with Crippen molar-refractivity contribution in [3.05, 3.63) is 48.0 Å². The molecule has 0 radical (unpaired) electrons. The average molecular weight is 298 g/mol. The van der Waals surface area contributed by atoms with Gasteiger partial charge in [-0.1, -0.05) is 18.2 Å². The van der Waals surface area contributed by atoms with Crippen LogP contribution >= 0.6 is 0 Å². The van der Waals surface area contributed by atoms with Gasteiger partial charge in [0.15, 0.2) is 0 Å². The predicted octanol–water partition coefficient (Wildman–Crippen LogP) is 3.30. The van der Waals surface area contributed by atoms with Gasteiger partial charge >= 0.3 is 6.03 Å². The topological polar surface area (TPSA) is 50.8 Å². The minimum atomic E-state index is -0.153. The van der Waals surface area contributed by atoms with Gasteiger partial charge in [0.2, 0.25) is 0 Å². The second-order valence-corrected chi connectivity index (χ2v) is 5.06. The van der Waals surface area contributed by atoms with E-state index in [1.54, 1.807) is 37.3 Å². The van der Waals surface area contributed by atoms with Crippen molar-refractivity contribution < 1.29 is 14.3 Å². The van der Waals surface area contributed by atoms with Crippen LogP contribution in [-0.4, -0.2) is 26.8 Å². The smallest absolute Gasteiger partial charge is 0.326 e. The van der Waals surface area contributed by atoms with Gasteiger partial charge in [-0.2, -0.15) is 0 Å². The van der Waals surface area contributed by atoms with Gasteiger partial charge in [0, 0.05) is 36.1 Å². The highest BCUT2D eigenvalue weighted by atomic mass is 16.5. The molecule has 5 heteroatoms. The van der Waals surface area contributed by atoms with Gasteiger partial charge < -0.3 is 14.8 Å². The second-order valence-electron chi connectivity index (χ2n) is 5.06. The summed E-state index contributed by atoms with van der Waals surface area (Å²) >= 11 is 0. The molecule has 1 heterocycles. The molecule has 5 nitrogen and oxygen atoms in total. The molecule has 0 atom stereocenters. The number of carbonyl (C=O) groups is 1. The van der Waals surface area contributed by atoms with Crippen LogP contribution < -0.4 is 19.7 Å². The Kier molecular flexibility index (Phi) is 3.87. The third-order valence-electron chi connectivity index (χ3n) is 3.74. The lowest BCUT2D eigenvalue weighted by Gasteiger charge is -2.18. The van der Waals surface area contributed by atoms with E-state index >= 15 is 0 Å². The van der Waals surface area contributed by atoms with Crippen molar-refractivity contribution in [3.63, 3.8) is 0 Å². The molecule has 0 aromatic heterocycles. The van der Waals surface area contributed by atoms with Crippen LogP contribution in [0.4, 0.5) is 16.2 Å². The number of carbonyl (C=O) groups excluding carboxylic acids is 1. The molecule has 22 heavy (non-hydrogen) atoms. The summed E-state index contributed by atoms with van der Waals surface area (Å²) in [6.07, 6.45) is 0.880. The van der Waals surface area contributed by atoms with E-state index in [2.05, 4.69) is 11.4 Å². The summed E-state index contributed by atoms with van der Waals surface area (Å²) in [5, 5.41) is 2.90. The van der Waals surface area contributed by atoms with E-state index in [0.717, 1.165) is 12.1 Å². The summed E-state index contributed by atoms with van der Waals surface area (Å²) in [7, 11) is 3.16. The largest absolute Gasteiger partial charge is 0.497 e. The molecule has 0 bridgehead atoms. The predicted molar refractivity (Wildman–Crippen MR) is 86.1 cm³/mol. The number of benzene rings is 2.